The number of morpholine rings is 1. The van der Waals surface area contributed by atoms with Crippen LogP contribution in [0, 0.1) is 17.3 Å². The van der Waals surface area contributed by atoms with Gasteiger partial charge in [-0.25, -0.2) is 0 Å². The number of benzene rings is 1. The Labute approximate surface area is 214 Å². The first-order valence-corrected chi connectivity index (χ1v) is 13.4. The second kappa shape index (κ2) is 11.6. The van der Waals surface area contributed by atoms with Crippen molar-refractivity contribution in [2.45, 2.75) is 53.0 Å². The molecular formula is C28H41N3O5. The number of para-hydroxylation sites is 1. The van der Waals surface area contributed by atoms with E-state index in [0.29, 0.717) is 59.0 Å². The first-order valence-electron chi connectivity index (χ1n) is 13.4. The number of fused-ring (bicyclic) bond motifs is 3. The van der Waals surface area contributed by atoms with Crippen LogP contribution in [0.25, 0.3) is 0 Å². The molecule has 0 unspecified atom stereocenters. The third-order valence-electron chi connectivity index (χ3n) is 7.61. The Balaban J connectivity index is 1.52. The first-order chi connectivity index (χ1) is 17.2. The Kier molecular flexibility index (Phi) is 8.54. The van der Waals surface area contributed by atoms with Gasteiger partial charge in [-0.05, 0) is 37.2 Å². The molecule has 0 aliphatic carbocycles. The molecule has 1 aromatic carbocycles. The number of carbonyl (C=O) groups excluding carboxylic acids is 3. The minimum atomic E-state index is -0.598. The molecule has 198 valence electrons. The first kappa shape index (κ1) is 26.5. The minimum Gasteiger partial charge on any atom is -0.493 e. The molecule has 2 saturated heterocycles. The summed E-state index contributed by atoms with van der Waals surface area (Å²) in [5, 5.41) is 0. The van der Waals surface area contributed by atoms with Gasteiger partial charge in [0, 0.05) is 50.1 Å². The number of nitrogens with zero attached hydrogens (tertiary/aromatic N) is 3. The maximum atomic E-state index is 13.5. The van der Waals surface area contributed by atoms with E-state index in [4.69, 9.17) is 9.47 Å². The van der Waals surface area contributed by atoms with E-state index in [0.717, 1.165) is 30.6 Å². The van der Waals surface area contributed by atoms with Crippen molar-refractivity contribution >= 4 is 17.7 Å². The summed E-state index contributed by atoms with van der Waals surface area (Å²) in [6.45, 7) is 10.4. The van der Waals surface area contributed by atoms with Crippen molar-refractivity contribution in [3.05, 3.63) is 29.8 Å². The molecule has 1 aromatic rings. The van der Waals surface area contributed by atoms with E-state index in [1.54, 1.807) is 4.90 Å². The number of hydrogen-bond acceptors (Lipinski definition) is 5. The number of ether oxygens (including phenoxy) is 2. The third kappa shape index (κ3) is 6.58. The van der Waals surface area contributed by atoms with Crippen molar-refractivity contribution < 1.29 is 23.9 Å². The van der Waals surface area contributed by atoms with Crippen LogP contribution in [0.15, 0.2) is 24.3 Å². The molecular weight excluding hydrogens is 458 g/mol. The van der Waals surface area contributed by atoms with E-state index in [1.165, 1.54) is 0 Å². The molecule has 3 amide bonds. The number of hydrogen-bond donors (Lipinski definition) is 0. The Morgan fingerprint density at radius 2 is 1.72 bits per heavy atom. The van der Waals surface area contributed by atoms with E-state index in [2.05, 4.69) is 0 Å². The topological polar surface area (TPSA) is 79.4 Å². The molecule has 0 saturated carbocycles. The summed E-state index contributed by atoms with van der Waals surface area (Å²) in [4.78, 5) is 45.3. The number of rotatable bonds is 2. The highest BCUT2D eigenvalue weighted by Crippen LogP contribution is 2.32. The molecule has 0 spiro atoms. The molecule has 2 bridgehead atoms. The van der Waals surface area contributed by atoms with Crippen LogP contribution in [0.5, 0.6) is 5.75 Å². The summed E-state index contributed by atoms with van der Waals surface area (Å²) in [5.41, 5.74) is 0.313. The molecule has 8 heteroatoms. The normalized spacial score (nSPS) is 24.1. The molecule has 2 fully saturated rings. The van der Waals surface area contributed by atoms with Gasteiger partial charge >= 0.3 is 0 Å². The van der Waals surface area contributed by atoms with E-state index in [-0.39, 0.29) is 36.1 Å². The molecule has 3 aliphatic heterocycles. The molecule has 0 aromatic heterocycles. The summed E-state index contributed by atoms with van der Waals surface area (Å²) in [6.07, 6.45) is 3.08. The standard InChI is InChI=1S/C28H41N3O5/c1-28(2,3)27(34)31-19-23-7-4-5-9-24(23)36-14-6-8-22-18-30(26(33)20-31)11-10-21(22)17-25(32)29-12-15-35-16-13-29/h4-5,7,9,21-22H,6,8,10-20H2,1-3H3/t21-,22-/m0/s1. The van der Waals surface area contributed by atoms with Crippen LogP contribution in [-0.4, -0.2) is 85.0 Å². The van der Waals surface area contributed by atoms with E-state index >= 15 is 0 Å². The minimum absolute atomic E-state index is 0.0202. The SMILES string of the molecule is CC(C)(C)C(=O)N1CC(=O)N2CC[C@@H](CC(=O)N3CCOCC3)[C@@H](CCCOc3ccccc3C1)C2. The summed E-state index contributed by atoms with van der Waals surface area (Å²) in [5.74, 6) is 1.36. The van der Waals surface area contributed by atoms with Crippen molar-refractivity contribution in [3.63, 3.8) is 0 Å². The van der Waals surface area contributed by atoms with Crippen molar-refractivity contribution in [1.82, 2.24) is 14.7 Å². The van der Waals surface area contributed by atoms with Gasteiger partial charge in [-0.15, -0.1) is 0 Å². The van der Waals surface area contributed by atoms with E-state index in [1.807, 2.05) is 54.8 Å². The second-order valence-electron chi connectivity index (χ2n) is 11.4. The van der Waals surface area contributed by atoms with Crippen LogP contribution in [-0.2, 0) is 25.7 Å². The maximum absolute atomic E-state index is 13.5. The molecule has 3 aliphatic rings. The van der Waals surface area contributed by atoms with Crippen molar-refractivity contribution in [2.24, 2.45) is 17.3 Å². The Bertz CT molecular complexity index is 937. The third-order valence-corrected chi connectivity index (χ3v) is 7.61. The van der Waals surface area contributed by atoms with Crippen LogP contribution in [0.3, 0.4) is 0 Å². The predicted molar refractivity (Wildman–Crippen MR) is 136 cm³/mol. The highest BCUT2D eigenvalue weighted by molar-refractivity contribution is 5.87. The van der Waals surface area contributed by atoms with Crippen LogP contribution < -0.4 is 4.74 Å². The van der Waals surface area contributed by atoms with Crippen LogP contribution in [0.4, 0.5) is 0 Å². The van der Waals surface area contributed by atoms with Gasteiger partial charge in [-0.2, -0.15) is 0 Å². The lowest BCUT2D eigenvalue weighted by Gasteiger charge is -2.40. The largest absolute Gasteiger partial charge is 0.493 e. The molecule has 2 atom stereocenters. The second-order valence-corrected chi connectivity index (χ2v) is 11.4. The molecule has 3 heterocycles. The van der Waals surface area contributed by atoms with Gasteiger partial charge in [0.15, 0.2) is 0 Å². The average Bonchev–Trinajstić information content (AvgIpc) is 2.87. The quantitative estimate of drug-likeness (QED) is 0.625. The zero-order valence-electron chi connectivity index (χ0n) is 22.0. The highest BCUT2D eigenvalue weighted by atomic mass is 16.5. The summed E-state index contributed by atoms with van der Waals surface area (Å²) >= 11 is 0. The number of piperidine rings is 1. The maximum Gasteiger partial charge on any atom is 0.242 e. The van der Waals surface area contributed by atoms with E-state index < -0.39 is 5.41 Å². The lowest BCUT2D eigenvalue weighted by atomic mass is 9.80. The van der Waals surface area contributed by atoms with E-state index in [9.17, 15) is 14.4 Å². The van der Waals surface area contributed by atoms with Crippen LogP contribution in [0.2, 0.25) is 0 Å². The molecule has 0 radical (unpaired) electrons. The summed E-state index contributed by atoms with van der Waals surface area (Å²) in [7, 11) is 0. The van der Waals surface area contributed by atoms with Gasteiger partial charge < -0.3 is 24.2 Å². The Hall–Kier alpha value is -2.61. The summed E-state index contributed by atoms with van der Waals surface area (Å²) in [6, 6.07) is 7.77. The predicted octanol–water partition coefficient (Wildman–Crippen LogP) is 2.95. The Morgan fingerprint density at radius 3 is 2.47 bits per heavy atom. The van der Waals surface area contributed by atoms with Gasteiger partial charge in [0.1, 0.15) is 12.3 Å². The van der Waals surface area contributed by atoms with Crippen molar-refractivity contribution in [3.8, 4) is 5.75 Å². The van der Waals surface area contributed by atoms with Crippen LogP contribution >= 0.6 is 0 Å². The van der Waals surface area contributed by atoms with Gasteiger partial charge in [0.2, 0.25) is 17.7 Å². The van der Waals surface area contributed by atoms with Gasteiger partial charge in [-0.3, -0.25) is 14.4 Å². The summed E-state index contributed by atoms with van der Waals surface area (Å²) < 4.78 is 11.6. The van der Waals surface area contributed by atoms with Gasteiger partial charge in [0.25, 0.3) is 0 Å². The van der Waals surface area contributed by atoms with Gasteiger partial charge in [0.05, 0.1) is 19.8 Å². The molecule has 4 rings (SSSR count). The molecule has 0 N–H and O–H groups in total. The van der Waals surface area contributed by atoms with Crippen molar-refractivity contribution in [1.29, 1.82) is 0 Å². The Morgan fingerprint density at radius 1 is 0.972 bits per heavy atom. The fourth-order valence-electron chi connectivity index (χ4n) is 5.51. The lowest BCUT2D eigenvalue weighted by molar-refractivity contribution is -0.147. The zero-order chi connectivity index (χ0) is 25.7. The van der Waals surface area contributed by atoms with Crippen LogP contribution in [0.1, 0.15) is 52.0 Å². The number of amides is 3. The molecule has 8 nitrogen and oxygen atoms in total. The van der Waals surface area contributed by atoms with Gasteiger partial charge in [-0.1, -0.05) is 39.0 Å². The monoisotopic (exact) mass is 499 g/mol. The fourth-order valence-corrected chi connectivity index (χ4v) is 5.51. The average molecular weight is 500 g/mol. The van der Waals surface area contributed by atoms with Crippen molar-refractivity contribution in [2.75, 3.05) is 52.5 Å². The lowest BCUT2D eigenvalue weighted by Crippen LogP contribution is -2.50. The highest BCUT2D eigenvalue weighted by Gasteiger charge is 2.36. The fraction of sp³-hybridized carbons (Fsp3) is 0.679. The molecule has 36 heavy (non-hydrogen) atoms. The zero-order valence-corrected chi connectivity index (χ0v) is 22.0. The number of carbonyl (C=O) groups is 3. The smallest absolute Gasteiger partial charge is 0.242 e.